The van der Waals surface area contributed by atoms with Gasteiger partial charge in [0.25, 0.3) is 5.91 Å². The van der Waals surface area contributed by atoms with Crippen LogP contribution >= 0.6 is 0 Å². The van der Waals surface area contributed by atoms with Gasteiger partial charge in [-0.1, -0.05) is 13.8 Å². The van der Waals surface area contributed by atoms with E-state index in [1.807, 2.05) is 13.0 Å². The Morgan fingerprint density at radius 2 is 2.06 bits per heavy atom. The third kappa shape index (κ3) is 3.52. The van der Waals surface area contributed by atoms with Crippen LogP contribution in [0.15, 0.2) is 12.3 Å². The quantitative estimate of drug-likeness (QED) is 0.669. The zero-order valence-electron chi connectivity index (χ0n) is 18.7. The molecule has 1 atom stereocenters. The van der Waals surface area contributed by atoms with Gasteiger partial charge in [0, 0.05) is 24.9 Å². The smallest absolute Gasteiger partial charge is 0.258 e. The van der Waals surface area contributed by atoms with Crippen molar-refractivity contribution in [3.05, 3.63) is 23.5 Å². The minimum Gasteiger partial charge on any atom is -0.365 e. The minimum atomic E-state index is -0.777. The van der Waals surface area contributed by atoms with Crippen LogP contribution in [0.3, 0.4) is 0 Å². The number of carbonyl (C=O) groups is 1. The van der Waals surface area contributed by atoms with Gasteiger partial charge < -0.3 is 14.6 Å². The molecule has 1 fully saturated rings. The summed E-state index contributed by atoms with van der Waals surface area (Å²) >= 11 is 0. The Morgan fingerprint density at radius 3 is 2.84 bits per heavy atom. The molecule has 1 aliphatic heterocycles. The molecular formula is C23H30N6O2. The van der Waals surface area contributed by atoms with Crippen LogP contribution in [0.2, 0.25) is 0 Å². The lowest BCUT2D eigenvalue weighted by Gasteiger charge is -2.35. The first kappa shape index (κ1) is 20.2. The lowest BCUT2D eigenvalue weighted by atomic mass is 9.76. The molecule has 2 N–H and O–H groups in total. The van der Waals surface area contributed by atoms with E-state index in [1.165, 1.54) is 11.3 Å². The van der Waals surface area contributed by atoms with Crippen molar-refractivity contribution >= 4 is 22.8 Å². The third-order valence-corrected chi connectivity index (χ3v) is 6.82. The molecule has 164 valence electrons. The Labute approximate surface area is 181 Å². The van der Waals surface area contributed by atoms with Crippen LogP contribution < -0.4 is 4.90 Å². The number of anilines is 1. The highest BCUT2D eigenvalue weighted by Crippen LogP contribution is 2.37. The summed E-state index contributed by atoms with van der Waals surface area (Å²) in [5, 5.41) is 7.77. The standard InChI is InChI=1S/C23H30N6O2/c1-22(2)9-7-15-17(12-22)27-28-18(15)20-25-16-11-14(13-24-19(16)26-20)29(4)21(30)23(3)8-5-6-10-31-23/h11,13H,5-10,12H2,1-4H3,(H,27,28)(H,24,25,26). The van der Waals surface area contributed by atoms with Crippen LogP contribution in [0.25, 0.3) is 22.7 Å². The normalized spacial score (nSPS) is 23.0. The minimum absolute atomic E-state index is 0.0481. The highest BCUT2D eigenvalue weighted by atomic mass is 16.5. The summed E-state index contributed by atoms with van der Waals surface area (Å²) in [5.74, 6) is 0.668. The molecule has 0 aromatic carbocycles. The van der Waals surface area contributed by atoms with E-state index in [0.29, 0.717) is 23.8 Å². The zero-order chi connectivity index (χ0) is 21.8. The Morgan fingerprint density at radius 1 is 1.23 bits per heavy atom. The fraction of sp³-hybridized carbons (Fsp3) is 0.565. The average molecular weight is 423 g/mol. The number of H-pyrrole nitrogens is 2. The van der Waals surface area contributed by atoms with Crippen molar-refractivity contribution < 1.29 is 9.53 Å². The van der Waals surface area contributed by atoms with Crippen molar-refractivity contribution in [2.75, 3.05) is 18.6 Å². The molecule has 2 aliphatic rings. The summed E-state index contributed by atoms with van der Waals surface area (Å²) < 4.78 is 5.83. The Kier molecular flexibility index (Phi) is 4.66. The Hall–Kier alpha value is -2.74. The number of likely N-dealkylation sites (N-methyl/N-ethyl adjacent to an activating group) is 1. The summed E-state index contributed by atoms with van der Waals surface area (Å²) in [6, 6.07) is 1.90. The molecule has 1 unspecified atom stereocenters. The molecule has 0 saturated carbocycles. The maximum Gasteiger partial charge on any atom is 0.258 e. The molecule has 0 radical (unpaired) electrons. The van der Waals surface area contributed by atoms with Gasteiger partial charge in [-0.15, -0.1) is 0 Å². The number of aromatic amines is 2. The molecule has 5 rings (SSSR count). The van der Waals surface area contributed by atoms with Gasteiger partial charge in [-0.05, 0) is 56.9 Å². The molecule has 4 heterocycles. The van der Waals surface area contributed by atoms with Crippen molar-refractivity contribution in [2.24, 2.45) is 5.41 Å². The van der Waals surface area contributed by atoms with Gasteiger partial charge in [0.15, 0.2) is 11.5 Å². The number of aromatic nitrogens is 5. The van der Waals surface area contributed by atoms with Gasteiger partial charge in [0.2, 0.25) is 0 Å². The first-order chi connectivity index (χ1) is 14.8. The van der Waals surface area contributed by atoms with Crippen molar-refractivity contribution in [1.82, 2.24) is 25.1 Å². The first-order valence-electron chi connectivity index (χ1n) is 11.1. The number of amides is 1. The Bertz CT molecular complexity index is 1140. The molecule has 8 heteroatoms. The summed E-state index contributed by atoms with van der Waals surface area (Å²) in [4.78, 5) is 27.3. The molecule has 1 saturated heterocycles. The van der Waals surface area contributed by atoms with E-state index in [0.717, 1.165) is 49.7 Å². The lowest BCUT2D eigenvalue weighted by Crippen LogP contribution is -2.49. The van der Waals surface area contributed by atoms with Gasteiger partial charge in [-0.2, -0.15) is 5.10 Å². The Balaban J connectivity index is 1.44. The number of rotatable bonds is 3. The summed E-state index contributed by atoms with van der Waals surface area (Å²) in [7, 11) is 1.77. The average Bonchev–Trinajstić information content (AvgIpc) is 3.35. The van der Waals surface area contributed by atoms with E-state index in [2.05, 4.69) is 34.0 Å². The van der Waals surface area contributed by atoms with Crippen LogP contribution in [0.5, 0.6) is 0 Å². The monoisotopic (exact) mass is 422 g/mol. The summed E-state index contributed by atoms with van der Waals surface area (Å²) in [6.45, 7) is 7.09. The van der Waals surface area contributed by atoms with Crippen molar-refractivity contribution in [1.29, 1.82) is 0 Å². The SMILES string of the molecule is CN(C(=O)C1(C)CCCCO1)c1cnc2[nH]c(-c3n[nH]c4c3CCC(C)(C)C4)nc2c1. The number of nitrogens with one attached hydrogen (secondary N) is 2. The number of hydrogen-bond donors (Lipinski definition) is 2. The van der Waals surface area contributed by atoms with Crippen molar-refractivity contribution in [2.45, 2.75) is 64.9 Å². The van der Waals surface area contributed by atoms with E-state index in [9.17, 15) is 4.79 Å². The summed E-state index contributed by atoms with van der Waals surface area (Å²) in [5.41, 5.74) is 4.94. The predicted octanol–water partition coefficient (Wildman–Crippen LogP) is 3.78. The molecule has 1 aliphatic carbocycles. The van der Waals surface area contributed by atoms with Gasteiger partial charge in [0.1, 0.15) is 16.8 Å². The van der Waals surface area contributed by atoms with Gasteiger partial charge in [0.05, 0.1) is 11.9 Å². The second-order valence-corrected chi connectivity index (χ2v) is 9.92. The second-order valence-electron chi connectivity index (χ2n) is 9.92. The molecular weight excluding hydrogens is 392 g/mol. The van der Waals surface area contributed by atoms with Crippen LogP contribution in [-0.2, 0) is 22.4 Å². The van der Waals surface area contributed by atoms with Crippen LogP contribution in [-0.4, -0.2) is 50.3 Å². The van der Waals surface area contributed by atoms with Gasteiger partial charge >= 0.3 is 0 Å². The number of fused-ring (bicyclic) bond motifs is 2. The molecule has 3 aromatic rings. The first-order valence-corrected chi connectivity index (χ1v) is 11.1. The second kappa shape index (κ2) is 7.15. The topological polar surface area (TPSA) is 99.8 Å². The van der Waals surface area contributed by atoms with E-state index in [1.54, 1.807) is 18.1 Å². The third-order valence-electron chi connectivity index (χ3n) is 6.82. The van der Waals surface area contributed by atoms with Crippen LogP contribution in [0, 0.1) is 5.41 Å². The number of imidazole rings is 1. The number of carbonyl (C=O) groups excluding carboxylic acids is 1. The van der Waals surface area contributed by atoms with E-state index >= 15 is 0 Å². The number of ether oxygens (including phenoxy) is 1. The van der Waals surface area contributed by atoms with E-state index in [-0.39, 0.29) is 11.3 Å². The van der Waals surface area contributed by atoms with Gasteiger partial charge in [-0.25, -0.2) is 9.97 Å². The van der Waals surface area contributed by atoms with Gasteiger partial charge in [-0.3, -0.25) is 9.89 Å². The van der Waals surface area contributed by atoms with Crippen LogP contribution in [0.4, 0.5) is 5.69 Å². The molecule has 1 amide bonds. The highest BCUT2D eigenvalue weighted by molar-refractivity contribution is 5.99. The van der Waals surface area contributed by atoms with Crippen molar-refractivity contribution in [3.8, 4) is 11.5 Å². The fourth-order valence-corrected chi connectivity index (χ4v) is 4.80. The molecule has 31 heavy (non-hydrogen) atoms. The van der Waals surface area contributed by atoms with E-state index < -0.39 is 5.60 Å². The zero-order valence-corrected chi connectivity index (χ0v) is 18.7. The summed E-state index contributed by atoms with van der Waals surface area (Å²) in [6.07, 6.45) is 7.55. The maximum atomic E-state index is 13.1. The molecule has 0 spiro atoms. The molecule has 3 aromatic heterocycles. The number of nitrogens with zero attached hydrogens (tertiary/aromatic N) is 4. The van der Waals surface area contributed by atoms with Crippen LogP contribution in [0.1, 0.15) is 57.7 Å². The largest absolute Gasteiger partial charge is 0.365 e. The highest BCUT2D eigenvalue weighted by Gasteiger charge is 2.38. The maximum absolute atomic E-state index is 13.1. The number of pyridine rings is 1. The predicted molar refractivity (Wildman–Crippen MR) is 119 cm³/mol. The van der Waals surface area contributed by atoms with E-state index in [4.69, 9.17) is 9.72 Å². The lowest BCUT2D eigenvalue weighted by molar-refractivity contribution is -0.147. The number of hydrogen-bond acceptors (Lipinski definition) is 5. The molecule has 8 nitrogen and oxygen atoms in total. The fourth-order valence-electron chi connectivity index (χ4n) is 4.80. The van der Waals surface area contributed by atoms with Crippen molar-refractivity contribution in [3.63, 3.8) is 0 Å². The molecule has 0 bridgehead atoms.